The highest BCUT2D eigenvalue weighted by atomic mass is 32.1. The molecule has 3 heteroatoms. The second kappa shape index (κ2) is 5.71. The summed E-state index contributed by atoms with van der Waals surface area (Å²) in [6, 6.07) is 21.9. The zero-order valence-electron chi connectivity index (χ0n) is 14.1. The molecule has 0 spiro atoms. The monoisotopic (exact) mass is 343 g/mol. The first-order chi connectivity index (χ1) is 12.3. The van der Waals surface area contributed by atoms with E-state index in [4.69, 9.17) is 0 Å². The Labute approximate surface area is 151 Å². The minimum atomic E-state index is 1.05. The Kier molecular flexibility index (Phi) is 3.35. The summed E-state index contributed by atoms with van der Waals surface area (Å²) < 4.78 is 4.81. The molecule has 0 N–H and O–H groups in total. The lowest BCUT2D eigenvalue weighted by molar-refractivity contribution is -0.606. The largest absolute Gasteiger partial charge is 0.267 e. The van der Waals surface area contributed by atoms with E-state index in [9.17, 15) is 0 Å². The number of benzene rings is 2. The van der Waals surface area contributed by atoms with E-state index in [1.54, 1.807) is 11.3 Å². The molecule has 0 atom stereocenters. The lowest BCUT2D eigenvalue weighted by Gasteiger charge is -2.13. The number of thiophene rings is 1. The Morgan fingerprint density at radius 3 is 2.56 bits per heavy atom. The van der Waals surface area contributed by atoms with Crippen LogP contribution in [0.4, 0.5) is 0 Å². The average molecular weight is 343 g/mol. The second-order valence-corrected chi connectivity index (χ2v) is 7.53. The molecule has 0 saturated heterocycles. The van der Waals surface area contributed by atoms with Crippen LogP contribution >= 0.6 is 11.3 Å². The number of aromatic nitrogens is 2. The van der Waals surface area contributed by atoms with Crippen LogP contribution in [0.25, 0.3) is 21.9 Å². The summed E-state index contributed by atoms with van der Waals surface area (Å²) in [5.74, 6) is 1.35. The lowest BCUT2D eigenvalue weighted by Crippen LogP contribution is -2.39. The third-order valence-corrected chi connectivity index (χ3v) is 5.86. The molecule has 0 aliphatic carbocycles. The van der Waals surface area contributed by atoms with E-state index in [1.165, 1.54) is 38.9 Å². The van der Waals surface area contributed by atoms with Gasteiger partial charge in [0.25, 0.3) is 5.82 Å². The van der Waals surface area contributed by atoms with Crippen molar-refractivity contribution >= 4 is 11.3 Å². The molecule has 4 aromatic rings. The van der Waals surface area contributed by atoms with Gasteiger partial charge in [-0.3, -0.25) is 0 Å². The predicted octanol–water partition coefficient (Wildman–Crippen LogP) is 4.89. The highest BCUT2D eigenvalue weighted by molar-refractivity contribution is 7.13. The van der Waals surface area contributed by atoms with Crippen molar-refractivity contribution < 1.29 is 4.57 Å². The van der Waals surface area contributed by atoms with Gasteiger partial charge in [-0.05, 0) is 48.6 Å². The zero-order chi connectivity index (χ0) is 16.8. The van der Waals surface area contributed by atoms with Crippen LogP contribution in [-0.2, 0) is 12.8 Å². The van der Waals surface area contributed by atoms with Gasteiger partial charge >= 0.3 is 0 Å². The van der Waals surface area contributed by atoms with Crippen LogP contribution in [0.1, 0.15) is 17.0 Å². The van der Waals surface area contributed by atoms with E-state index >= 15 is 0 Å². The number of hydrogen-bond donors (Lipinski definition) is 0. The first-order valence-corrected chi connectivity index (χ1v) is 9.55. The van der Waals surface area contributed by atoms with Crippen LogP contribution < -0.4 is 4.57 Å². The van der Waals surface area contributed by atoms with Crippen molar-refractivity contribution in [3.8, 4) is 21.9 Å². The molecule has 0 radical (unpaired) electrons. The normalized spacial score (nSPS) is 12.7. The Hall–Kier alpha value is -2.65. The minimum absolute atomic E-state index is 1.05. The van der Waals surface area contributed by atoms with Gasteiger partial charge in [0.05, 0.1) is 11.3 Å². The fourth-order valence-corrected chi connectivity index (χ4v) is 4.45. The van der Waals surface area contributed by atoms with E-state index in [1.807, 2.05) is 0 Å². The molecule has 1 aliphatic heterocycles. The maximum Gasteiger partial charge on any atom is 0.267 e. The Balaban J connectivity index is 1.80. The first-order valence-electron chi connectivity index (χ1n) is 8.67. The molecular formula is C22H19N2S+. The number of fused-ring (bicyclic) bond motifs is 3. The molecule has 122 valence electrons. The van der Waals surface area contributed by atoms with Crippen molar-refractivity contribution in [2.45, 2.75) is 19.8 Å². The summed E-state index contributed by atoms with van der Waals surface area (Å²) in [4.78, 5) is 1.31. The van der Waals surface area contributed by atoms with Crippen molar-refractivity contribution in [2.24, 2.45) is 0 Å². The van der Waals surface area contributed by atoms with Crippen LogP contribution in [0.5, 0.6) is 0 Å². The minimum Gasteiger partial charge on any atom is -0.198 e. The summed E-state index contributed by atoms with van der Waals surface area (Å²) in [6.45, 7) is 2.14. The molecule has 0 amide bonds. The Morgan fingerprint density at radius 2 is 1.76 bits per heavy atom. The number of aryl methyl sites for hydroxylation is 2. The molecule has 2 aromatic heterocycles. The molecule has 1 aliphatic rings. The van der Waals surface area contributed by atoms with E-state index in [-0.39, 0.29) is 0 Å². The predicted molar refractivity (Wildman–Crippen MR) is 103 cm³/mol. The Bertz CT molecular complexity index is 1040. The van der Waals surface area contributed by atoms with Gasteiger partial charge in [0, 0.05) is 0 Å². The molecule has 2 nitrogen and oxygen atoms in total. The topological polar surface area (TPSA) is 8.81 Å². The zero-order valence-corrected chi connectivity index (χ0v) is 15.0. The lowest BCUT2D eigenvalue weighted by atomic mass is 10.0. The van der Waals surface area contributed by atoms with E-state index in [0.29, 0.717) is 0 Å². The van der Waals surface area contributed by atoms with Gasteiger partial charge in [-0.2, -0.15) is 9.13 Å². The number of hydrogen-bond acceptors (Lipinski definition) is 1. The van der Waals surface area contributed by atoms with E-state index < -0.39 is 0 Å². The highest BCUT2D eigenvalue weighted by Crippen LogP contribution is 2.31. The average Bonchev–Trinajstić information content (AvgIpc) is 3.30. The number of para-hydroxylation sites is 1. The molecule has 25 heavy (non-hydrogen) atoms. The van der Waals surface area contributed by atoms with Gasteiger partial charge in [-0.25, -0.2) is 0 Å². The Morgan fingerprint density at radius 1 is 0.920 bits per heavy atom. The van der Waals surface area contributed by atoms with Crippen LogP contribution in [0.2, 0.25) is 0 Å². The third kappa shape index (κ3) is 2.35. The van der Waals surface area contributed by atoms with E-state index in [0.717, 1.165) is 12.8 Å². The standard InChI is InChI=1S/C22H19N2S/c1-16-8-11-18(12-9-16)24-20(21-7-4-14-25-21)15-23-19-6-3-2-5-17(19)10-13-22(23)24/h2-9,11-12,14-15H,10,13H2,1H3/q+1. The second-order valence-electron chi connectivity index (χ2n) is 6.58. The van der Waals surface area contributed by atoms with Crippen LogP contribution in [-0.4, -0.2) is 4.57 Å². The molecule has 0 saturated carbocycles. The number of rotatable bonds is 2. The maximum atomic E-state index is 2.43. The van der Waals surface area contributed by atoms with Gasteiger partial charge < -0.3 is 0 Å². The van der Waals surface area contributed by atoms with Crippen LogP contribution in [0.3, 0.4) is 0 Å². The van der Waals surface area contributed by atoms with Crippen molar-refractivity contribution in [1.29, 1.82) is 0 Å². The third-order valence-electron chi connectivity index (χ3n) is 4.96. The van der Waals surface area contributed by atoms with E-state index in [2.05, 4.69) is 88.3 Å². The summed E-state index contributed by atoms with van der Waals surface area (Å²) in [6.07, 6.45) is 4.45. The van der Waals surface area contributed by atoms with Crippen molar-refractivity contribution in [1.82, 2.24) is 4.57 Å². The molecular weight excluding hydrogens is 324 g/mol. The molecule has 2 aromatic carbocycles. The molecule has 5 rings (SSSR count). The molecule has 0 fully saturated rings. The van der Waals surface area contributed by atoms with Crippen molar-refractivity contribution in [3.63, 3.8) is 0 Å². The summed E-state index contributed by atoms with van der Waals surface area (Å²) >= 11 is 1.80. The maximum absolute atomic E-state index is 2.43. The van der Waals surface area contributed by atoms with Crippen LogP contribution in [0, 0.1) is 6.92 Å². The van der Waals surface area contributed by atoms with Gasteiger partial charge in [0.2, 0.25) is 0 Å². The fourth-order valence-electron chi connectivity index (χ4n) is 3.73. The van der Waals surface area contributed by atoms with Crippen molar-refractivity contribution in [3.05, 3.63) is 89.2 Å². The van der Waals surface area contributed by atoms with Crippen molar-refractivity contribution in [2.75, 3.05) is 0 Å². The summed E-state index contributed by atoms with van der Waals surface area (Å²) in [5, 5.41) is 2.15. The molecule has 0 unspecified atom stereocenters. The van der Waals surface area contributed by atoms with Gasteiger partial charge in [-0.15, -0.1) is 11.3 Å². The highest BCUT2D eigenvalue weighted by Gasteiger charge is 2.31. The van der Waals surface area contributed by atoms with Gasteiger partial charge in [-0.1, -0.05) is 42.0 Å². The van der Waals surface area contributed by atoms with Gasteiger partial charge in [0.15, 0.2) is 5.69 Å². The fraction of sp³-hybridized carbons (Fsp3) is 0.136. The number of imidazole rings is 1. The smallest absolute Gasteiger partial charge is 0.198 e. The molecule has 3 heterocycles. The SMILES string of the molecule is Cc1ccc(-n2c(-c3cccs3)c[n+]3c2CCc2ccccc2-3)cc1. The summed E-state index contributed by atoms with van der Waals surface area (Å²) in [5.41, 5.74) is 6.54. The first kappa shape index (κ1) is 14.7. The van der Waals surface area contributed by atoms with Crippen LogP contribution in [0.15, 0.2) is 72.2 Å². The van der Waals surface area contributed by atoms with Gasteiger partial charge in [0.1, 0.15) is 17.6 Å². The number of nitrogens with zero attached hydrogens (tertiary/aromatic N) is 2. The molecule has 0 bridgehead atoms. The quantitative estimate of drug-likeness (QED) is 0.458. The summed E-state index contributed by atoms with van der Waals surface area (Å²) in [7, 11) is 0.